The van der Waals surface area contributed by atoms with Crippen LogP contribution in [-0.4, -0.2) is 12.6 Å². The second-order valence-electron chi connectivity index (χ2n) is 5.86. The lowest BCUT2D eigenvalue weighted by Crippen LogP contribution is -1.98. The van der Waals surface area contributed by atoms with E-state index in [4.69, 9.17) is 4.74 Å². The Balaban J connectivity index is 3.21. The van der Waals surface area contributed by atoms with Gasteiger partial charge in [-0.05, 0) is 19.8 Å². The van der Waals surface area contributed by atoms with Gasteiger partial charge in [0.2, 0.25) is 0 Å². The van der Waals surface area contributed by atoms with Gasteiger partial charge >= 0.3 is 5.97 Å². The van der Waals surface area contributed by atoms with E-state index in [-0.39, 0.29) is 5.97 Å². The van der Waals surface area contributed by atoms with Crippen molar-refractivity contribution in [3.63, 3.8) is 0 Å². The summed E-state index contributed by atoms with van der Waals surface area (Å²) in [6.45, 7) is 4.52. The van der Waals surface area contributed by atoms with E-state index in [2.05, 4.69) is 13.0 Å². The van der Waals surface area contributed by atoms with Gasteiger partial charge in [0, 0.05) is 6.08 Å². The fourth-order valence-electron chi connectivity index (χ4n) is 2.43. The molecule has 0 aliphatic heterocycles. The predicted octanol–water partition coefficient (Wildman–Crippen LogP) is 6.36. The SMILES string of the molecule is CCCCCCCCCCCCCC=CC=CC(=O)OCC. The van der Waals surface area contributed by atoms with Gasteiger partial charge in [-0.2, -0.15) is 0 Å². The largest absolute Gasteiger partial charge is 0.463 e. The summed E-state index contributed by atoms with van der Waals surface area (Å²) in [6, 6.07) is 0. The first kappa shape index (κ1) is 20.9. The molecule has 0 heterocycles. The number of unbranched alkanes of at least 4 members (excludes halogenated alkanes) is 11. The van der Waals surface area contributed by atoms with E-state index in [1.54, 1.807) is 6.08 Å². The van der Waals surface area contributed by atoms with E-state index in [0.717, 1.165) is 6.42 Å². The van der Waals surface area contributed by atoms with Gasteiger partial charge in [0.05, 0.1) is 6.61 Å². The predicted molar refractivity (Wildman–Crippen MR) is 96.0 cm³/mol. The molecule has 0 unspecified atom stereocenters. The molecule has 22 heavy (non-hydrogen) atoms. The highest BCUT2D eigenvalue weighted by molar-refractivity contribution is 5.82. The van der Waals surface area contributed by atoms with Gasteiger partial charge in [-0.3, -0.25) is 0 Å². The summed E-state index contributed by atoms with van der Waals surface area (Å²) in [5, 5.41) is 0. The fourth-order valence-corrected chi connectivity index (χ4v) is 2.43. The molecule has 0 aliphatic carbocycles. The maximum Gasteiger partial charge on any atom is 0.330 e. The molecule has 0 aliphatic rings. The minimum atomic E-state index is -0.262. The van der Waals surface area contributed by atoms with Crippen molar-refractivity contribution in [3.8, 4) is 0 Å². The highest BCUT2D eigenvalue weighted by atomic mass is 16.5. The van der Waals surface area contributed by atoms with Crippen molar-refractivity contribution in [1.82, 2.24) is 0 Å². The molecule has 2 heteroatoms. The van der Waals surface area contributed by atoms with E-state index in [9.17, 15) is 4.79 Å². The third-order valence-corrected chi connectivity index (χ3v) is 3.74. The Bertz CT molecular complexity index is 292. The van der Waals surface area contributed by atoms with Crippen LogP contribution in [0.4, 0.5) is 0 Å². The fraction of sp³-hybridized carbons (Fsp3) is 0.750. The molecule has 128 valence electrons. The molecule has 0 aromatic rings. The van der Waals surface area contributed by atoms with Crippen molar-refractivity contribution >= 4 is 5.97 Å². The van der Waals surface area contributed by atoms with Crippen molar-refractivity contribution in [2.45, 2.75) is 90.9 Å². The molecular formula is C20H36O2. The van der Waals surface area contributed by atoms with Crippen LogP contribution in [0.2, 0.25) is 0 Å². The molecule has 0 fully saturated rings. The molecule has 0 aromatic heterocycles. The van der Waals surface area contributed by atoms with Crippen LogP contribution in [0.25, 0.3) is 0 Å². The number of ether oxygens (including phenoxy) is 1. The van der Waals surface area contributed by atoms with E-state index >= 15 is 0 Å². The van der Waals surface area contributed by atoms with Crippen molar-refractivity contribution in [2.24, 2.45) is 0 Å². The summed E-state index contributed by atoms with van der Waals surface area (Å²) in [5.41, 5.74) is 0. The normalized spacial score (nSPS) is 11.5. The molecule has 0 bridgehead atoms. The number of carbonyl (C=O) groups excluding carboxylic acids is 1. The zero-order valence-corrected chi connectivity index (χ0v) is 14.8. The van der Waals surface area contributed by atoms with Crippen LogP contribution in [0.1, 0.15) is 90.9 Å². The zero-order valence-electron chi connectivity index (χ0n) is 14.8. The Labute approximate surface area is 138 Å². The number of hydrogen-bond acceptors (Lipinski definition) is 2. The minimum Gasteiger partial charge on any atom is -0.463 e. The van der Waals surface area contributed by atoms with Crippen LogP contribution in [-0.2, 0) is 9.53 Å². The Kier molecular flexibility index (Phi) is 17.1. The standard InChI is InChI=1S/C20H36O2/c1-3-5-6-7-8-9-10-11-12-13-14-15-16-17-18-19-20(21)22-4-2/h16-19H,3-15H2,1-2H3. The van der Waals surface area contributed by atoms with Crippen LogP contribution < -0.4 is 0 Å². The molecule has 0 radical (unpaired) electrons. The topological polar surface area (TPSA) is 26.3 Å². The summed E-state index contributed by atoms with van der Waals surface area (Å²) < 4.78 is 4.80. The van der Waals surface area contributed by atoms with E-state index in [1.807, 2.05) is 13.0 Å². The molecule has 0 rings (SSSR count). The number of allylic oxidation sites excluding steroid dienone is 3. The summed E-state index contributed by atoms with van der Waals surface area (Å²) >= 11 is 0. The first-order valence-corrected chi connectivity index (χ1v) is 9.31. The maximum absolute atomic E-state index is 11.0. The quantitative estimate of drug-likeness (QED) is 0.152. The van der Waals surface area contributed by atoms with Gasteiger partial charge in [0.1, 0.15) is 0 Å². The van der Waals surface area contributed by atoms with Gasteiger partial charge in [0.15, 0.2) is 0 Å². The molecule has 0 spiro atoms. The molecular weight excluding hydrogens is 272 g/mol. The summed E-state index contributed by atoms with van der Waals surface area (Å²) in [7, 11) is 0. The van der Waals surface area contributed by atoms with E-state index < -0.39 is 0 Å². The lowest BCUT2D eigenvalue weighted by molar-refractivity contribution is -0.137. The van der Waals surface area contributed by atoms with Crippen LogP contribution in [0.3, 0.4) is 0 Å². The minimum absolute atomic E-state index is 0.262. The van der Waals surface area contributed by atoms with Gasteiger partial charge in [0.25, 0.3) is 0 Å². The first-order valence-electron chi connectivity index (χ1n) is 9.31. The number of esters is 1. The molecule has 0 aromatic carbocycles. The number of rotatable bonds is 15. The molecule has 2 nitrogen and oxygen atoms in total. The Morgan fingerprint density at radius 1 is 0.773 bits per heavy atom. The summed E-state index contributed by atoms with van der Waals surface area (Å²) in [5.74, 6) is -0.262. The molecule has 0 saturated heterocycles. The highest BCUT2D eigenvalue weighted by Crippen LogP contribution is 2.11. The molecule has 0 saturated carbocycles. The van der Waals surface area contributed by atoms with Crippen molar-refractivity contribution in [1.29, 1.82) is 0 Å². The van der Waals surface area contributed by atoms with Gasteiger partial charge in [-0.25, -0.2) is 4.79 Å². The smallest absolute Gasteiger partial charge is 0.330 e. The summed E-state index contributed by atoms with van der Waals surface area (Å²) in [4.78, 5) is 11.0. The van der Waals surface area contributed by atoms with Crippen molar-refractivity contribution < 1.29 is 9.53 Å². The summed E-state index contributed by atoms with van der Waals surface area (Å²) in [6.07, 6.45) is 23.6. The average Bonchev–Trinajstić information content (AvgIpc) is 2.51. The molecule has 0 amide bonds. The Morgan fingerprint density at radius 2 is 1.32 bits per heavy atom. The zero-order chi connectivity index (χ0) is 16.3. The number of carbonyl (C=O) groups is 1. The average molecular weight is 309 g/mol. The van der Waals surface area contributed by atoms with Crippen LogP contribution >= 0.6 is 0 Å². The van der Waals surface area contributed by atoms with Gasteiger partial charge < -0.3 is 4.74 Å². The van der Waals surface area contributed by atoms with Crippen LogP contribution in [0.15, 0.2) is 24.3 Å². The maximum atomic E-state index is 11.0. The van der Waals surface area contributed by atoms with Crippen LogP contribution in [0, 0.1) is 0 Å². The Morgan fingerprint density at radius 3 is 1.86 bits per heavy atom. The lowest BCUT2D eigenvalue weighted by Gasteiger charge is -2.01. The monoisotopic (exact) mass is 308 g/mol. The number of hydrogen-bond donors (Lipinski definition) is 0. The highest BCUT2D eigenvalue weighted by Gasteiger charge is 1.92. The van der Waals surface area contributed by atoms with E-state index in [1.165, 1.54) is 76.7 Å². The van der Waals surface area contributed by atoms with Gasteiger partial charge in [-0.15, -0.1) is 0 Å². The van der Waals surface area contributed by atoms with E-state index in [0.29, 0.717) is 6.61 Å². The third-order valence-electron chi connectivity index (χ3n) is 3.74. The lowest BCUT2D eigenvalue weighted by atomic mass is 10.1. The second kappa shape index (κ2) is 18.0. The van der Waals surface area contributed by atoms with Crippen molar-refractivity contribution in [3.05, 3.63) is 24.3 Å². The molecule has 0 atom stereocenters. The second-order valence-corrected chi connectivity index (χ2v) is 5.86. The van der Waals surface area contributed by atoms with Gasteiger partial charge in [-0.1, -0.05) is 89.4 Å². The first-order chi connectivity index (χ1) is 10.8. The van der Waals surface area contributed by atoms with Crippen LogP contribution in [0.5, 0.6) is 0 Å². The molecule has 0 N–H and O–H groups in total. The van der Waals surface area contributed by atoms with Crippen molar-refractivity contribution in [2.75, 3.05) is 6.61 Å². The Hall–Kier alpha value is -1.05. The third kappa shape index (κ3) is 17.0.